The fourth-order valence-corrected chi connectivity index (χ4v) is 6.01. The topological polar surface area (TPSA) is 63.0 Å². The van der Waals surface area contributed by atoms with E-state index in [1.54, 1.807) is 0 Å². The molecule has 1 N–H and O–H groups in total. The summed E-state index contributed by atoms with van der Waals surface area (Å²) < 4.78 is 6.32. The molecule has 0 amide bonds. The Kier molecular flexibility index (Phi) is 3.17. The van der Waals surface area contributed by atoms with Crippen molar-refractivity contribution in [2.75, 3.05) is 13.2 Å². The summed E-state index contributed by atoms with van der Waals surface area (Å²) in [6.07, 6.45) is 8.12. The third kappa shape index (κ3) is 2.21. The number of nitrogens with one attached hydrogen (secondary N) is 1. The van der Waals surface area contributed by atoms with Gasteiger partial charge >= 0.3 is 0 Å². The van der Waals surface area contributed by atoms with Crippen LogP contribution < -0.4 is 5.32 Å². The molecular formula is C20H27N3O2. The van der Waals surface area contributed by atoms with Gasteiger partial charge in [0.25, 0.3) is 0 Å². The molecule has 0 aromatic carbocycles. The van der Waals surface area contributed by atoms with Crippen molar-refractivity contribution in [1.82, 2.24) is 5.32 Å². The quantitative estimate of drug-likeness (QED) is 0.724. The molecule has 5 nitrogen and oxygen atoms in total. The molecule has 2 aliphatic carbocycles. The highest BCUT2D eigenvalue weighted by Crippen LogP contribution is 2.59. The highest BCUT2D eigenvalue weighted by molar-refractivity contribution is 6.00. The summed E-state index contributed by atoms with van der Waals surface area (Å²) in [5.41, 5.74) is 3.17. The number of ketones is 1. The fourth-order valence-electron chi connectivity index (χ4n) is 6.01. The number of ether oxygens (including phenoxy) is 1. The maximum absolute atomic E-state index is 13.3. The third-order valence-electron chi connectivity index (χ3n) is 6.96. The summed E-state index contributed by atoms with van der Waals surface area (Å²) in [5.74, 6) is 1.24. The molecule has 3 heterocycles. The molecule has 0 radical (unpaired) electrons. The van der Waals surface area contributed by atoms with Gasteiger partial charge in [-0.25, -0.2) is 0 Å². The van der Waals surface area contributed by atoms with E-state index in [1.807, 2.05) is 0 Å². The molecule has 0 aromatic heterocycles. The van der Waals surface area contributed by atoms with Crippen molar-refractivity contribution in [2.45, 2.75) is 70.8 Å². The van der Waals surface area contributed by atoms with E-state index in [1.165, 1.54) is 18.4 Å². The maximum Gasteiger partial charge on any atom is 0.162 e. The Bertz CT molecular complexity index is 740. The molecule has 2 spiro atoms. The van der Waals surface area contributed by atoms with E-state index in [-0.39, 0.29) is 16.4 Å². The number of nitrogens with zero attached hydrogens (tertiary/aromatic N) is 2. The van der Waals surface area contributed by atoms with Gasteiger partial charge in [-0.1, -0.05) is 26.7 Å². The summed E-state index contributed by atoms with van der Waals surface area (Å²) in [4.78, 5) is 13.3. The first kappa shape index (κ1) is 15.7. The minimum absolute atomic E-state index is 0.00807. The van der Waals surface area contributed by atoms with Crippen molar-refractivity contribution in [3.63, 3.8) is 0 Å². The summed E-state index contributed by atoms with van der Waals surface area (Å²) in [6, 6.07) is 0. The van der Waals surface area contributed by atoms with Gasteiger partial charge in [-0.2, -0.15) is 5.11 Å². The molecular weight excluding hydrogens is 314 g/mol. The van der Waals surface area contributed by atoms with Gasteiger partial charge in [-0.3, -0.25) is 4.79 Å². The monoisotopic (exact) mass is 341 g/mol. The van der Waals surface area contributed by atoms with Crippen molar-refractivity contribution in [2.24, 2.45) is 21.1 Å². The second-order valence-electron chi connectivity index (χ2n) is 9.39. The molecule has 1 atom stereocenters. The van der Waals surface area contributed by atoms with Crippen molar-refractivity contribution < 1.29 is 9.53 Å². The number of rotatable bonds is 0. The van der Waals surface area contributed by atoms with Crippen LogP contribution in [0.1, 0.15) is 65.2 Å². The largest absolute Gasteiger partial charge is 0.375 e. The molecule has 0 bridgehead atoms. The van der Waals surface area contributed by atoms with Crippen molar-refractivity contribution >= 4 is 5.78 Å². The van der Waals surface area contributed by atoms with E-state index in [9.17, 15) is 4.79 Å². The Morgan fingerprint density at radius 3 is 2.72 bits per heavy atom. The zero-order valence-corrected chi connectivity index (χ0v) is 15.3. The second kappa shape index (κ2) is 5.03. The Hall–Kier alpha value is -1.49. The Morgan fingerprint density at radius 2 is 1.92 bits per heavy atom. The predicted octanol–water partition coefficient (Wildman–Crippen LogP) is 4.02. The number of Topliss-reactive ketones (excluding diaryl/α,β-unsaturated/α-hetero) is 1. The van der Waals surface area contributed by atoms with E-state index in [4.69, 9.17) is 4.74 Å². The summed E-state index contributed by atoms with van der Waals surface area (Å²) >= 11 is 0. The van der Waals surface area contributed by atoms with Crippen molar-refractivity contribution in [1.29, 1.82) is 0 Å². The van der Waals surface area contributed by atoms with Crippen molar-refractivity contribution in [3.8, 4) is 0 Å². The van der Waals surface area contributed by atoms with E-state index < -0.39 is 0 Å². The van der Waals surface area contributed by atoms with Crippen LogP contribution in [0.2, 0.25) is 0 Å². The van der Waals surface area contributed by atoms with Gasteiger partial charge in [0, 0.05) is 35.3 Å². The third-order valence-corrected chi connectivity index (χ3v) is 6.96. The summed E-state index contributed by atoms with van der Waals surface area (Å²) in [6.45, 7) is 5.74. The van der Waals surface area contributed by atoms with Gasteiger partial charge in [-0.15, -0.1) is 5.11 Å². The molecule has 0 unspecified atom stereocenters. The standard InChI is InChI=1S/C20H27N3O2/c1-18(2)9-14-16(15(24)10-18)20(13-11-21-23-17(13)22-14)7-8-25-19(12-20)5-3-4-6-19/h22H,3-12H2,1-2H3/t20-/m0/s1. The SMILES string of the molecule is CC1(C)CC(=O)C2=C(C1)NC1=C(CN=N1)[C@@]21CCOC2(CCCC2)C1. The summed E-state index contributed by atoms with van der Waals surface area (Å²) in [7, 11) is 0. The van der Waals surface area contributed by atoms with E-state index in [0.717, 1.165) is 55.8 Å². The average Bonchev–Trinajstić information content (AvgIpc) is 3.15. The molecule has 2 fully saturated rings. The van der Waals surface area contributed by atoms with Crippen LogP contribution in [0.3, 0.4) is 0 Å². The molecule has 134 valence electrons. The molecule has 0 aromatic rings. The van der Waals surface area contributed by atoms with Crippen molar-refractivity contribution in [3.05, 3.63) is 22.7 Å². The number of azo groups is 1. The smallest absolute Gasteiger partial charge is 0.162 e. The van der Waals surface area contributed by atoms with Gasteiger partial charge in [-0.05, 0) is 37.5 Å². The molecule has 3 aliphatic heterocycles. The van der Waals surface area contributed by atoms with Crippen LogP contribution in [-0.2, 0) is 9.53 Å². The number of dihydropyridines is 1. The Labute approximate surface area is 149 Å². The zero-order chi connectivity index (χ0) is 17.3. The number of carbonyl (C=O) groups excluding carboxylic acids is 1. The van der Waals surface area contributed by atoms with Crippen LogP contribution >= 0.6 is 0 Å². The van der Waals surface area contributed by atoms with Gasteiger partial charge in [0.2, 0.25) is 0 Å². The van der Waals surface area contributed by atoms with Crippen LogP contribution in [0.15, 0.2) is 32.9 Å². The van der Waals surface area contributed by atoms with E-state index in [2.05, 4.69) is 29.4 Å². The van der Waals surface area contributed by atoms with Crippen LogP contribution in [0.4, 0.5) is 0 Å². The lowest BCUT2D eigenvalue weighted by Crippen LogP contribution is -2.51. The second-order valence-corrected chi connectivity index (χ2v) is 9.39. The highest BCUT2D eigenvalue weighted by Gasteiger charge is 2.57. The Balaban J connectivity index is 1.65. The highest BCUT2D eigenvalue weighted by atomic mass is 16.5. The lowest BCUT2D eigenvalue weighted by molar-refractivity contribution is -0.125. The fraction of sp³-hybridized carbons (Fsp3) is 0.750. The van der Waals surface area contributed by atoms with E-state index >= 15 is 0 Å². The minimum atomic E-state index is -0.199. The van der Waals surface area contributed by atoms with Gasteiger partial charge in [0.05, 0.1) is 12.1 Å². The number of hydrogen-bond acceptors (Lipinski definition) is 5. The normalized spacial score (nSPS) is 35.4. The summed E-state index contributed by atoms with van der Waals surface area (Å²) in [5, 5.41) is 12.2. The lowest BCUT2D eigenvalue weighted by Gasteiger charge is -2.52. The number of carbonyl (C=O) groups is 1. The average molecular weight is 341 g/mol. The van der Waals surface area contributed by atoms with Gasteiger partial charge in [0.1, 0.15) is 0 Å². The maximum atomic E-state index is 13.3. The van der Waals surface area contributed by atoms with Crippen LogP contribution in [-0.4, -0.2) is 24.5 Å². The van der Waals surface area contributed by atoms with Gasteiger partial charge in [0.15, 0.2) is 11.6 Å². The number of hydrogen-bond donors (Lipinski definition) is 1. The van der Waals surface area contributed by atoms with Gasteiger partial charge < -0.3 is 10.1 Å². The first-order valence-corrected chi connectivity index (χ1v) is 9.72. The zero-order valence-electron chi connectivity index (χ0n) is 15.3. The molecule has 5 heteroatoms. The first-order chi connectivity index (χ1) is 11.9. The van der Waals surface area contributed by atoms with Crippen LogP contribution in [0, 0.1) is 10.8 Å². The molecule has 5 rings (SSSR count). The lowest BCUT2D eigenvalue weighted by atomic mass is 9.57. The molecule has 1 saturated carbocycles. The molecule has 1 saturated heterocycles. The first-order valence-electron chi connectivity index (χ1n) is 9.72. The number of fused-ring (bicyclic) bond motifs is 2. The van der Waals surface area contributed by atoms with Crippen LogP contribution in [0.25, 0.3) is 0 Å². The number of allylic oxidation sites excluding steroid dienone is 2. The predicted molar refractivity (Wildman–Crippen MR) is 93.8 cm³/mol. The van der Waals surface area contributed by atoms with E-state index in [0.29, 0.717) is 18.7 Å². The van der Waals surface area contributed by atoms with Crippen LogP contribution in [0.5, 0.6) is 0 Å². The molecule has 25 heavy (non-hydrogen) atoms. The Morgan fingerprint density at radius 1 is 1.12 bits per heavy atom. The molecule has 5 aliphatic rings. The minimum Gasteiger partial charge on any atom is -0.375 e.